The molecule has 2 aliphatic heterocycles. The van der Waals surface area contributed by atoms with Gasteiger partial charge in [0.1, 0.15) is 98.7 Å². The average Bonchev–Trinajstić information content (AvgIpc) is 0.765. The first kappa shape index (κ1) is 90.9. The molecule has 0 bridgehead atoms. The fourth-order valence-electron chi connectivity index (χ4n) is 12.9. The Labute approximate surface area is 592 Å². The molecule has 3 rings (SSSR count). The Hall–Kier alpha value is -2.30. The minimum absolute atomic E-state index is 0.0325. The SMILES string of the molecule is CCCCCC/C=C\CCCCCCCCCC(=O)OC(COC(=O)CCCCCCCCCCCCCCCCC)COP(=O)(O)OC1C(OC2OC(CO)C(O)C(O)C2O)C(O)C(O)C(O)C1OC1OC(COC(=O)CCCCCCCCCCCCCCCC)C(O)C(O)C1O. The molecule has 2 heterocycles. The van der Waals surface area contributed by atoms with Crippen LogP contribution in [-0.4, -0.2) is 204 Å². The molecule has 25 heteroatoms. The van der Waals surface area contributed by atoms with Crippen molar-refractivity contribution in [1.29, 1.82) is 0 Å². The van der Waals surface area contributed by atoms with Crippen LogP contribution in [0.2, 0.25) is 0 Å². The Morgan fingerprint density at radius 1 is 0.384 bits per heavy atom. The number of aliphatic hydroxyl groups excluding tert-OH is 10. The van der Waals surface area contributed by atoms with Gasteiger partial charge in [-0.25, -0.2) is 4.57 Å². The third kappa shape index (κ3) is 39.0. The zero-order valence-electron chi connectivity index (χ0n) is 60.8. The van der Waals surface area contributed by atoms with Gasteiger partial charge in [-0.3, -0.25) is 23.4 Å². The summed E-state index contributed by atoms with van der Waals surface area (Å²) < 4.78 is 65.1. The molecule has 1 aliphatic carbocycles. The smallest absolute Gasteiger partial charge is 0.463 e. The number of carbonyl (C=O) groups is 3. The molecule has 0 amide bonds. The summed E-state index contributed by atoms with van der Waals surface area (Å²) in [4.78, 5) is 51.1. The van der Waals surface area contributed by atoms with Crippen molar-refractivity contribution in [3.8, 4) is 0 Å². The lowest BCUT2D eigenvalue weighted by atomic mass is 9.84. The summed E-state index contributed by atoms with van der Waals surface area (Å²) in [6.45, 7) is 3.46. The number of aliphatic hydroxyl groups is 10. The highest BCUT2D eigenvalue weighted by Crippen LogP contribution is 2.49. The number of phosphoric ester groups is 1. The largest absolute Gasteiger partial charge is 0.472 e. The number of unbranched alkanes of at least 4 members (excludes halogenated alkanes) is 38. The van der Waals surface area contributed by atoms with Crippen molar-refractivity contribution in [2.75, 3.05) is 26.4 Å². The van der Waals surface area contributed by atoms with E-state index in [0.29, 0.717) is 19.3 Å². The number of phosphoric acid groups is 1. The van der Waals surface area contributed by atoms with Gasteiger partial charge in [0.2, 0.25) is 0 Å². The van der Waals surface area contributed by atoms with E-state index in [2.05, 4.69) is 32.9 Å². The zero-order chi connectivity index (χ0) is 72.5. The first-order chi connectivity index (χ1) is 47.8. The Balaban J connectivity index is 1.72. The molecule has 24 nitrogen and oxygen atoms in total. The maximum absolute atomic E-state index is 14.3. The summed E-state index contributed by atoms with van der Waals surface area (Å²) in [7, 11) is -5.70. The topological polar surface area (TPSA) is 374 Å². The number of allylic oxidation sites excluding steroid dienone is 2. The van der Waals surface area contributed by atoms with E-state index < -0.39 is 156 Å². The Morgan fingerprint density at radius 3 is 1.10 bits per heavy atom. The highest BCUT2D eigenvalue weighted by molar-refractivity contribution is 7.47. The number of esters is 3. The highest BCUT2D eigenvalue weighted by Gasteiger charge is 2.58. The maximum Gasteiger partial charge on any atom is 0.472 e. The van der Waals surface area contributed by atoms with Crippen LogP contribution >= 0.6 is 7.82 Å². The molecule has 582 valence electrons. The van der Waals surface area contributed by atoms with Crippen LogP contribution in [0.3, 0.4) is 0 Å². The van der Waals surface area contributed by atoms with Gasteiger partial charge >= 0.3 is 25.7 Å². The maximum atomic E-state index is 14.3. The molecule has 0 aromatic rings. The van der Waals surface area contributed by atoms with E-state index in [9.17, 15) is 74.9 Å². The number of carbonyl (C=O) groups excluding carboxylic acids is 3. The Kier molecular flexibility index (Phi) is 51.5. The molecule has 0 aromatic heterocycles. The Morgan fingerprint density at radius 2 is 0.707 bits per heavy atom. The van der Waals surface area contributed by atoms with Crippen LogP contribution in [0.4, 0.5) is 0 Å². The van der Waals surface area contributed by atoms with Gasteiger partial charge in [0.05, 0.1) is 13.2 Å². The molecule has 0 aromatic carbocycles. The van der Waals surface area contributed by atoms with Crippen LogP contribution in [0.25, 0.3) is 0 Å². The van der Waals surface area contributed by atoms with Crippen molar-refractivity contribution in [2.24, 2.45) is 0 Å². The second-order valence-electron chi connectivity index (χ2n) is 28.1. The van der Waals surface area contributed by atoms with Crippen LogP contribution in [0.15, 0.2) is 12.2 Å². The van der Waals surface area contributed by atoms with Crippen LogP contribution in [-0.2, 0) is 61.2 Å². The minimum Gasteiger partial charge on any atom is -0.463 e. The van der Waals surface area contributed by atoms with E-state index in [1.165, 1.54) is 141 Å². The van der Waals surface area contributed by atoms with Gasteiger partial charge in [-0.05, 0) is 44.9 Å². The number of hydrogen-bond acceptors (Lipinski definition) is 23. The summed E-state index contributed by atoms with van der Waals surface area (Å²) in [5.41, 5.74) is 0. The van der Waals surface area contributed by atoms with Gasteiger partial charge in [0, 0.05) is 19.3 Å². The quantitative estimate of drug-likeness (QED) is 0.00886. The van der Waals surface area contributed by atoms with Crippen LogP contribution in [0, 0.1) is 0 Å². The molecular weight excluding hydrogens is 1300 g/mol. The van der Waals surface area contributed by atoms with Gasteiger partial charge in [-0.1, -0.05) is 258 Å². The molecule has 0 spiro atoms. The molecule has 3 aliphatic rings. The molecule has 11 N–H and O–H groups in total. The highest BCUT2D eigenvalue weighted by atomic mass is 31.2. The Bertz CT molecular complexity index is 2090. The molecule has 99 heavy (non-hydrogen) atoms. The molecule has 18 atom stereocenters. The van der Waals surface area contributed by atoms with E-state index in [0.717, 1.165) is 109 Å². The van der Waals surface area contributed by atoms with Gasteiger partial charge in [0.15, 0.2) is 18.7 Å². The molecular formula is C74H137O24P. The van der Waals surface area contributed by atoms with Crippen LogP contribution < -0.4 is 0 Å². The fourth-order valence-corrected chi connectivity index (χ4v) is 13.9. The number of rotatable bonds is 61. The minimum atomic E-state index is -5.70. The van der Waals surface area contributed by atoms with Crippen LogP contribution in [0.1, 0.15) is 310 Å². The lowest BCUT2D eigenvalue weighted by molar-refractivity contribution is -0.360. The monoisotopic (exact) mass is 1440 g/mol. The van der Waals surface area contributed by atoms with E-state index in [1.54, 1.807) is 0 Å². The molecule has 18 unspecified atom stereocenters. The normalized spacial score (nSPS) is 27.5. The number of ether oxygens (including phenoxy) is 7. The molecule has 3 fully saturated rings. The summed E-state index contributed by atoms with van der Waals surface area (Å²) >= 11 is 0. The molecule has 2 saturated heterocycles. The van der Waals surface area contributed by atoms with Crippen molar-refractivity contribution in [2.45, 2.75) is 414 Å². The van der Waals surface area contributed by atoms with E-state index in [1.807, 2.05) is 0 Å². The predicted octanol–water partition coefficient (Wildman–Crippen LogP) is 11.1. The van der Waals surface area contributed by atoms with Crippen molar-refractivity contribution in [3.63, 3.8) is 0 Å². The first-order valence-electron chi connectivity index (χ1n) is 39.0. The summed E-state index contributed by atoms with van der Waals surface area (Å²) in [6, 6.07) is 0. The zero-order valence-corrected chi connectivity index (χ0v) is 61.7. The van der Waals surface area contributed by atoms with Gasteiger partial charge in [0.25, 0.3) is 0 Å². The van der Waals surface area contributed by atoms with Crippen molar-refractivity contribution >= 4 is 25.7 Å². The summed E-state index contributed by atoms with van der Waals surface area (Å²) in [6.07, 6.45) is 15.5. The average molecular weight is 1440 g/mol. The standard InChI is InChI=1S/C74H137O24P/c1-4-7-10-13-16-19-22-25-28-31-34-36-39-42-45-48-58(76)90-52-55(93-60(78)50-47-44-41-38-35-32-29-26-23-20-17-14-11-8-5-2)53-92-99(88,89)98-72-70(96-73-68(86)63(81)61(79)56(51-75)94-73)66(84)65(83)67(85)71(72)97-74-69(87)64(82)62(80)57(95-74)54-91-59(77)49-46-43-40-37-33-30-27-24-21-18-15-12-9-6-3/h20,23,55-57,61-75,79-87H,4-19,21-22,24-54H2,1-3H3,(H,88,89)/b23-20-. The lowest BCUT2D eigenvalue weighted by Gasteiger charge is -2.49. The van der Waals surface area contributed by atoms with Crippen molar-refractivity contribution in [3.05, 3.63) is 12.2 Å². The van der Waals surface area contributed by atoms with Gasteiger partial charge < -0.3 is 89.1 Å². The fraction of sp³-hybridized carbons (Fsp3) is 0.932. The van der Waals surface area contributed by atoms with Crippen molar-refractivity contribution in [1.82, 2.24) is 0 Å². The van der Waals surface area contributed by atoms with E-state index >= 15 is 0 Å². The summed E-state index contributed by atoms with van der Waals surface area (Å²) in [5, 5.41) is 110. The summed E-state index contributed by atoms with van der Waals surface area (Å²) in [5.74, 6) is -1.98. The van der Waals surface area contributed by atoms with Crippen LogP contribution in [0.5, 0.6) is 0 Å². The van der Waals surface area contributed by atoms with E-state index in [4.69, 9.17) is 42.2 Å². The third-order valence-corrected chi connectivity index (χ3v) is 20.3. The van der Waals surface area contributed by atoms with E-state index in [-0.39, 0.29) is 19.3 Å². The first-order valence-corrected chi connectivity index (χ1v) is 40.5. The predicted molar refractivity (Wildman–Crippen MR) is 375 cm³/mol. The second-order valence-corrected chi connectivity index (χ2v) is 29.5. The lowest BCUT2D eigenvalue weighted by Crippen LogP contribution is -2.69. The third-order valence-electron chi connectivity index (χ3n) is 19.3. The second kappa shape index (κ2) is 56.1. The molecule has 1 saturated carbocycles. The number of hydrogen-bond donors (Lipinski definition) is 11. The van der Waals surface area contributed by atoms with Crippen molar-refractivity contribution < 1.29 is 117 Å². The van der Waals surface area contributed by atoms with Gasteiger partial charge in [-0.2, -0.15) is 0 Å². The van der Waals surface area contributed by atoms with Gasteiger partial charge in [-0.15, -0.1) is 0 Å². The molecule has 0 radical (unpaired) electrons.